The number of hydrogen-bond donors (Lipinski definition) is 1. The maximum Gasteiger partial charge on any atom is 0.323 e. The minimum absolute atomic E-state index is 0.0471. The lowest BCUT2D eigenvalue weighted by Crippen LogP contribution is -2.45. The normalized spacial score (nSPS) is 18.2. The number of fused-ring (bicyclic) bond motifs is 3. The highest BCUT2D eigenvalue weighted by atomic mass is 16.4. The van der Waals surface area contributed by atoms with E-state index in [1.165, 1.54) is 0 Å². The predicted molar refractivity (Wildman–Crippen MR) is 119 cm³/mol. The second-order valence-electron chi connectivity index (χ2n) is 8.33. The molecule has 1 heterocycles. The molecule has 5 heteroatoms. The molecule has 1 N–H and O–H groups in total. The third kappa shape index (κ3) is 3.38. The summed E-state index contributed by atoms with van der Waals surface area (Å²) in [7, 11) is 1.86. The van der Waals surface area contributed by atoms with Crippen molar-refractivity contribution in [3.8, 4) is 0 Å². The van der Waals surface area contributed by atoms with Gasteiger partial charge in [0.25, 0.3) is 0 Å². The smallest absolute Gasteiger partial charge is 0.323 e. The first-order chi connectivity index (χ1) is 14.5. The van der Waals surface area contributed by atoms with E-state index in [2.05, 4.69) is 13.0 Å². The summed E-state index contributed by atoms with van der Waals surface area (Å²) in [4.78, 5) is 27.1. The van der Waals surface area contributed by atoms with E-state index in [-0.39, 0.29) is 12.5 Å². The lowest BCUT2D eigenvalue weighted by molar-refractivity contribution is -0.137. The van der Waals surface area contributed by atoms with Gasteiger partial charge in [0.15, 0.2) is 0 Å². The fourth-order valence-electron chi connectivity index (χ4n) is 5.12. The molecule has 0 fully saturated rings. The number of para-hydroxylation sites is 2. The lowest BCUT2D eigenvalue weighted by atomic mass is 9.69. The molecule has 3 aromatic rings. The molecule has 0 aliphatic heterocycles. The number of carboxylic acids is 1. The van der Waals surface area contributed by atoms with Gasteiger partial charge in [0.2, 0.25) is 5.91 Å². The number of carbonyl (C=O) groups excluding carboxylic acids is 1. The van der Waals surface area contributed by atoms with Crippen LogP contribution in [0, 0.1) is 5.41 Å². The van der Waals surface area contributed by atoms with E-state index in [0.29, 0.717) is 12.8 Å². The molecule has 2 aromatic carbocycles. The van der Waals surface area contributed by atoms with Crippen molar-refractivity contribution in [2.75, 3.05) is 11.9 Å². The van der Waals surface area contributed by atoms with E-state index >= 15 is 0 Å². The van der Waals surface area contributed by atoms with Gasteiger partial charge in [-0.2, -0.15) is 0 Å². The summed E-state index contributed by atoms with van der Waals surface area (Å²) in [6, 6.07) is 17.7. The summed E-state index contributed by atoms with van der Waals surface area (Å²) < 4.78 is 1.92. The molecule has 0 spiro atoms. The highest BCUT2D eigenvalue weighted by molar-refractivity contribution is 5.98. The summed E-state index contributed by atoms with van der Waals surface area (Å²) in [5, 5.41) is 10.5. The topological polar surface area (TPSA) is 62.5 Å². The van der Waals surface area contributed by atoms with Crippen molar-refractivity contribution in [3.05, 3.63) is 65.9 Å². The third-order valence-corrected chi connectivity index (χ3v) is 6.47. The number of rotatable bonds is 6. The lowest BCUT2D eigenvalue weighted by Gasteiger charge is -2.39. The third-order valence-electron chi connectivity index (χ3n) is 6.47. The Morgan fingerprint density at radius 2 is 1.80 bits per heavy atom. The number of aliphatic carboxylic acids is 1. The highest BCUT2D eigenvalue weighted by Crippen LogP contribution is 2.44. The number of hydrogen-bond acceptors (Lipinski definition) is 2. The van der Waals surface area contributed by atoms with Gasteiger partial charge >= 0.3 is 5.97 Å². The molecule has 5 nitrogen and oxygen atoms in total. The van der Waals surface area contributed by atoms with Crippen LogP contribution in [0.4, 0.5) is 5.69 Å². The zero-order chi connectivity index (χ0) is 21.3. The monoisotopic (exact) mass is 404 g/mol. The molecule has 156 valence electrons. The fraction of sp³-hybridized carbons (Fsp3) is 0.360. The van der Waals surface area contributed by atoms with Crippen LogP contribution in [0.1, 0.15) is 37.4 Å². The van der Waals surface area contributed by atoms with Gasteiger partial charge in [0.1, 0.15) is 6.54 Å². The SMILES string of the molecule is CCCC1(C(=O)N(C)c2ccccc2)CCc2c(c3ccccc3n2CC(=O)O)C1. The van der Waals surface area contributed by atoms with Crippen molar-refractivity contribution < 1.29 is 14.7 Å². The van der Waals surface area contributed by atoms with Crippen LogP contribution in [0.3, 0.4) is 0 Å². The average Bonchev–Trinajstić information content (AvgIpc) is 3.06. The molecule has 1 aromatic heterocycles. The van der Waals surface area contributed by atoms with Gasteiger partial charge in [0.05, 0.1) is 5.41 Å². The molecule has 0 saturated heterocycles. The van der Waals surface area contributed by atoms with Crippen molar-refractivity contribution in [2.45, 2.75) is 45.6 Å². The fourth-order valence-corrected chi connectivity index (χ4v) is 5.12. The van der Waals surface area contributed by atoms with Crippen LogP contribution in [-0.2, 0) is 29.0 Å². The Labute approximate surface area is 176 Å². The summed E-state index contributed by atoms with van der Waals surface area (Å²) in [5.41, 5.74) is 3.59. The van der Waals surface area contributed by atoms with Crippen LogP contribution >= 0.6 is 0 Å². The molecule has 1 aliphatic rings. The van der Waals surface area contributed by atoms with Gasteiger partial charge in [-0.15, -0.1) is 0 Å². The van der Waals surface area contributed by atoms with Crippen molar-refractivity contribution in [1.29, 1.82) is 0 Å². The minimum Gasteiger partial charge on any atom is -0.480 e. The predicted octanol–water partition coefficient (Wildman–Crippen LogP) is 4.66. The van der Waals surface area contributed by atoms with Crippen molar-refractivity contribution in [3.63, 3.8) is 0 Å². The first kappa shape index (κ1) is 20.2. The Morgan fingerprint density at radius 1 is 1.10 bits per heavy atom. The van der Waals surface area contributed by atoms with Gasteiger partial charge in [0, 0.05) is 29.3 Å². The maximum absolute atomic E-state index is 13.8. The molecule has 1 aliphatic carbocycles. The van der Waals surface area contributed by atoms with E-state index in [1.54, 1.807) is 4.90 Å². The number of nitrogens with zero attached hydrogens (tertiary/aromatic N) is 2. The largest absolute Gasteiger partial charge is 0.480 e. The van der Waals surface area contributed by atoms with Crippen LogP contribution < -0.4 is 4.90 Å². The summed E-state index contributed by atoms with van der Waals surface area (Å²) >= 11 is 0. The van der Waals surface area contributed by atoms with Crippen LogP contribution in [0.2, 0.25) is 0 Å². The van der Waals surface area contributed by atoms with E-state index in [1.807, 2.05) is 60.1 Å². The molecule has 1 amide bonds. The molecule has 1 unspecified atom stereocenters. The summed E-state index contributed by atoms with van der Waals surface area (Å²) in [6.45, 7) is 2.08. The van der Waals surface area contributed by atoms with Crippen molar-refractivity contribution in [2.24, 2.45) is 5.41 Å². The Kier molecular flexibility index (Phi) is 5.37. The van der Waals surface area contributed by atoms with E-state index in [9.17, 15) is 14.7 Å². The summed E-state index contributed by atoms with van der Waals surface area (Å²) in [5.74, 6) is -0.694. The second kappa shape index (κ2) is 7.98. The van der Waals surface area contributed by atoms with Gasteiger partial charge in [-0.1, -0.05) is 49.7 Å². The number of carboxylic acid groups (broad SMARTS) is 1. The van der Waals surface area contributed by atoms with E-state index in [4.69, 9.17) is 0 Å². The number of carbonyl (C=O) groups is 2. The molecular weight excluding hydrogens is 376 g/mol. The van der Waals surface area contributed by atoms with Crippen LogP contribution in [0.15, 0.2) is 54.6 Å². The van der Waals surface area contributed by atoms with Crippen LogP contribution in [0.5, 0.6) is 0 Å². The average molecular weight is 405 g/mol. The molecule has 0 radical (unpaired) electrons. The van der Waals surface area contributed by atoms with Gasteiger partial charge in [-0.3, -0.25) is 9.59 Å². The Hall–Kier alpha value is -3.08. The van der Waals surface area contributed by atoms with Gasteiger partial charge in [-0.25, -0.2) is 0 Å². The molecule has 0 bridgehead atoms. The number of amides is 1. The second-order valence-corrected chi connectivity index (χ2v) is 8.33. The van der Waals surface area contributed by atoms with Crippen LogP contribution in [0.25, 0.3) is 10.9 Å². The first-order valence-corrected chi connectivity index (χ1v) is 10.6. The van der Waals surface area contributed by atoms with Crippen LogP contribution in [-0.4, -0.2) is 28.6 Å². The molecular formula is C25H28N2O3. The Bertz CT molecular complexity index is 1090. The number of anilines is 1. The Morgan fingerprint density at radius 3 is 2.50 bits per heavy atom. The molecule has 4 rings (SSSR count). The standard InChI is InChI=1S/C25H28N2O3/c1-3-14-25(24(30)26(2)18-9-5-4-6-10-18)15-13-22-20(16-25)19-11-7-8-12-21(19)27(22)17-23(28)29/h4-12H,3,13-17H2,1-2H3,(H,28,29). The maximum atomic E-state index is 13.8. The molecule has 0 saturated carbocycles. The minimum atomic E-state index is -0.844. The van der Waals surface area contributed by atoms with Gasteiger partial charge in [-0.05, 0) is 49.4 Å². The Balaban J connectivity index is 1.78. The zero-order valence-electron chi connectivity index (χ0n) is 17.6. The zero-order valence-corrected chi connectivity index (χ0v) is 17.6. The quantitative estimate of drug-likeness (QED) is 0.650. The number of benzene rings is 2. The highest BCUT2D eigenvalue weighted by Gasteiger charge is 2.44. The molecule has 1 atom stereocenters. The number of aromatic nitrogens is 1. The van der Waals surface area contributed by atoms with Crippen molar-refractivity contribution in [1.82, 2.24) is 4.57 Å². The molecule has 30 heavy (non-hydrogen) atoms. The first-order valence-electron chi connectivity index (χ1n) is 10.6. The van der Waals surface area contributed by atoms with Gasteiger partial charge < -0.3 is 14.6 Å². The summed E-state index contributed by atoms with van der Waals surface area (Å²) in [6.07, 6.45) is 3.85. The van der Waals surface area contributed by atoms with Crippen molar-refractivity contribution >= 4 is 28.5 Å². The van der Waals surface area contributed by atoms with E-state index in [0.717, 1.165) is 47.1 Å². The van der Waals surface area contributed by atoms with E-state index < -0.39 is 11.4 Å².